The Balaban J connectivity index is 0.000000340. The fraction of sp³-hybridized carbons (Fsp3) is 0.471. The first kappa shape index (κ1) is 21.7. The Bertz CT molecular complexity index is 520. The molecule has 0 amide bonds. The van der Waals surface area contributed by atoms with E-state index in [1.165, 1.54) is 32.1 Å². The number of rotatable bonds is 3. The van der Waals surface area contributed by atoms with Gasteiger partial charge in [-0.25, -0.2) is 0 Å². The van der Waals surface area contributed by atoms with E-state index in [4.69, 9.17) is 27.6 Å². The summed E-state index contributed by atoms with van der Waals surface area (Å²) >= 11 is 0. The smallest absolute Gasteiger partial charge is 0.321 e. The third-order valence-corrected chi connectivity index (χ3v) is 3.40. The lowest BCUT2D eigenvalue weighted by atomic mass is 9.97. The van der Waals surface area contributed by atoms with Crippen molar-refractivity contribution in [1.82, 2.24) is 0 Å². The van der Waals surface area contributed by atoms with Crippen LogP contribution < -0.4 is 17.2 Å². The Hall–Kier alpha value is -2.27. The molecule has 7 nitrogen and oxygen atoms in total. The number of nitrogens with two attached hydrogens (primary N) is 3. The number of aldehydes is 1. The quantitative estimate of drug-likeness (QED) is 0.601. The van der Waals surface area contributed by atoms with Gasteiger partial charge in [0, 0.05) is 18.2 Å². The SMILES string of the molecule is N#Cc1ccc(C=O)cc1.NC1CCCCC1.NCC(N)C(=O)O. The molecule has 0 bridgehead atoms. The number of carboxylic acids is 1. The predicted octanol–water partition coefficient (Wildman–Crippen LogP) is 1.01. The second-order valence-electron chi connectivity index (χ2n) is 5.43. The molecule has 0 saturated heterocycles. The minimum atomic E-state index is -1.05. The van der Waals surface area contributed by atoms with Gasteiger partial charge in [-0.2, -0.15) is 5.26 Å². The van der Waals surface area contributed by atoms with Gasteiger partial charge >= 0.3 is 5.97 Å². The molecule has 7 heteroatoms. The minimum Gasteiger partial charge on any atom is -0.480 e. The molecule has 0 aliphatic heterocycles. The van der Waals surface area contributed by atoms with E-state index in [2.05, 4.69) is 0 Å². The van der Waals surface area contributed by atoms with E-state index in [1.54, 1.807) is 24.3 Å². The molecule has 132 valence electrons. The third-order valence-electron chi connectivity index (χ3n) is 3.40. The van der Waals surface area contributed by atoms with E-state index >= 15 is 0 Å². The van der Waals surface area contributed by atoms with Crippen molar-refractivity contribution in [1.29, 1.82) is 5.26 Å². The number of carbonyl (C=O) groups is 2. The zero-order valence-electron chi connectivity index (χ0n) is 13.7. The van der Waals surface area contributed by atoms with Crippen LogP contribution in [0.15, 0.2) is 24.3 Å². The Labute approximate surface area is 142 Å². The number of nitriles is 1. The summed E-state index contributed by atoms with van der Waals surface area (Å²) in [6.07, 6.45) is 7.41. The van der Waals surface area contributed by atoms with Crippen LogP contribution >= 0.6 is 0 Å². The molecule has 1 aromatic carbocycles. The summed E-state index contributed by atoms with van der Waals surface area (Å²) in [6, 6.07) is 8.06. The fourth-order valence-corrected chi connectivity index (χ4v) is 1.87. The number of carboxylic acid groups (broad SMARTS) is 1. The van der Waals surface area contributed by atoms with Crippen LogP contribution in [0.4, 0.5) is 0 Å². The average Bonchev–Trinajstić information content (AvgIpc) is 2.62. The molecule has 2 rings (SSSR count). The van der Waals surface area contributed by atoms with Crippen molar-refractivity contribution in [2.45, 2.75) is 44.2 Å². The lowest BCUT2D eigenvalue weighted by molar-refractivity contribution is -0.138. The van der Waals surface area contributed by atoms with E-state index in [-0.39, 0.29) is 6.54 Å². The van der Waals surface area contributed by atoms with Gasteiger partial charge in [0.05, 0.1) is 11.6 Å². The normalized spacial score (nSPS) is 14.8. The molecular formula is C17H26N4O3. The third kappa shape index (κ3) is 10.5. The average molecular weight is 334 g/mol. The van der Waals surface area contributed by atoms with E-state index in [0.29, 0.717) is 17.2 Å². The van der Waals surface area contributed by atoms with Crippen molar-refractivity contribution in [2.24, 2.45) is 17.2 Å². The molecule has 0 aromatic heterocycles. The highest BCUT2D eigenvalue weighted by molar-refractivity contribution is 5.74. The summed E-state index contributed by atoms with van der Waals surface area (Å²) < 4.78 is 0. The maximum Gasteiger partial charge on any atom is 0.321 e. The highest BCUT2D eigenvalue weighted by Crippen LogP contribution is 2.14. The van der Waals surface area contributed by atoms with Crippen LogP contribution in [0.3, 0.4) is 0 Å². The van der Waals surface area contributed by atoms with Crippen LogP contribution in [-0.2, 0) is 4.79 Å². The Morgan fingerprint density at radius 1 is 1.29 bits per heavy atom. The predicted molar refractivity (Wildman–Crippen MR) is 92.3 cm³/mol. The Morgan fingerprint density at radius 2 is 1.83 bits per heavy atom. The summed E-state index contributed by atoms with van der Waals surface area (Å²) in [5, 5.41) is 16.3. The van der Waals surface area contributed by atoms with Gasteiger partial charge in [-0.1, -0.05) is 31.4 Å². The first-order chi connectivity index (χ1) is 11.4. The molecule has 1 aromatic rings. The topological polar surface area (TPSA) is 156 Å². The van der Waals surface area contributed by atoms with Gasteiger partial charge in [0.2, 0.25) is 0 Å². The van der Waals surface area contributed by atoms with Crippen LogP contribution in [0.25, 0.3) is 0 Å². The maximum absolute atomic E-state index is 10.1. The zero-order valence-corrected chi connectivity index (χ0v) is 13.7. The molecule has 1 atom stereocenters. The molecule has 0 heterocycles. The molecule has 0 radical (unpaired) electrons. The van der Waals surface area contributed by atoms with Crippen molar-refractivity contribution >= 4 is 12.3 Å². The Morgan fingerprint density at radius 3 is 2.08 bits per heavy atom. The largest absolute Gasteiger partial charge is 0.480 e. The van der Waals surface area contributed by atoms with Crippen molar-refractivity contribution in [3.63, 3.8) is 0 Å². The van der Waals surface area contributed by atoms with Gasteiger partial charge < -0.3 is 22.3 Å². The van der Waals surface area contributed by atoms with Gasteiger partial charge in [0.15, 0.2) is 0 Å². The number of hydrogen-bond acceptors (Lipinski definition) is 6. The van der Waals surface area contributed by atoms with Crippen LogP contribution in [0.2, 0.25) is 0 Å². The highest BCUT2D eigenvalue weighted by atomic mass is 16.4. The molecule has 1 saturated carbocycles. The number of hydrogen-bond donors (Lipinski definition) is 4. The second-order valence-corrected chi connectivity index (χ2v) is 5.43. The molecule has 7 N–H and O–H groups in total. The fourth-order valence-electron chi connectivity index (χ4n) is 1.87. The van der Waals surface area contributed by atoms with Crippen molar-refractivity contribution in [3.05, 3.63) is 35.4 Å². The lowest BCUT2D eigenvalue weighted by Crippen LogP contribution is -2.37. The van der Waals surface area contributed by atoms with Crippen LogP contribution in [-0.4, -0.2) is 36.0 Å². The molecule has 1 fully saturated rings. The molecule has 24 heavy (non-hydrogen) atoms. The Kier molecular flexibility index (Phi) is 11.9. The van der Waals surface area contributed by atoms with Crippen LogP contribution in [0.5, 0.6) is 0 Å². The van der Waals surface area contributed by atoms with Crippen LogP contribution in [0.1, 0.15) is 48.0 Å². The van der Waals surface area contributed by atoms with E-state index in [9.17, 15) is 9.59 Å². The lowest BCUT2D eigenvalue weighted by Gasteiger charge is -2.15. The zero-order chi connectivity index (χ0) is 18.4. The number of aliphatic carboxylic acids is 1. The number of carbonyl (C=O) groups excluding carboxylic acids is 1. The summed E-state index contributed by atoms with van der Waals surface area (Å²) in [5.41, 5.74) is 16.6. The van der Waals surface area contributed by atoms with Gasteiger partial charge in [0.1, 0.15) is 12.3 Å². The second kappa shape index (κ2) is 13.2. The van der Waals surface area contributed by atoms with Crippen molar-refractivity contribution in [2.75, 3.05) is 6.54 Å². The monoisotopic (exact) mass is 334 g/mol. The van der Waals surface area contributed by atoms with E-state index in [1.807, 2.05) is 6.07 Å². The first-order valence-electron chi connectivity index (χ1n) is 7.84. The molecule has 1 aliphatic rings. The standard InChI is InChI=1S/C8H5NO.C6H13N.C3H8N2O2/c9-5-7-1-3-8(6-10)4-2-7;7-6-4-2-1-3-5-6;4-1-2(5)3(6)7/h1-4,6H;6H,1-5,7H2;2H,1,4-5H2,(H,6,7). The summed E-state index contributed by atoms with van der Waals surface area (Å²) in [4.78, 5) is 19.8. The van der Waals surface area contributed by atoms with Gasteiger partial charge in [-0.05, 0) is 25.0 Å². The summed E-state index contributed by atoms with van der Waals surface area (Å²) in [5.74, 6) is -1.05. The van der Waals surface area contributed by atoms with Crippen molar-refractivity contribution in [3.8, 4) is 6.07 Å². The number of benzene rings is 1. The minimum absolute atomic E-state index is 0.00463. The molecule has 1 aliphatic carbocycles. The van der Waals surface area contributed by atoms with Crippen molar-refractivity contribution < 1.29 is 14.7 Å². The van der Waals surface area contributed by atoms with E-state index < -0.39 is 12.0 Å². The molecule has 1 unspecified atom stereocenters. The van der Waals surface area contributed by atoms with E-state index in [0.717, 1.165) is 6.29 Å². The molecule has 0 spiro atoms. The number of nitrogens with zero attached hydrogens (tertiary/aromatic N) is 1. The highest BCUT2D eigenvalue weighted by Gasteiger charge is 2.06. The van der Waals surface area contributed by atoms with Gasteiger partial charge in [-0.3, -0.25) is 9.59 Å². The van der Waals surface area contributed by atoms with Crippen LogP contribution in [0, 0.1) is 11.3 Å². The maximum atomic E-state index is 10.1. The summed E-state index contributed by atoms with van der Waals surface area (Å²) in [7, 11) is 0. The van der Waals surface area contributed by atoms with Gasteiger partial charge in [0.25, 0.3) is 0 Å². The van der Waals surface area contributed by atoms with Gasteiger partial charge in [-0.15, -0.1) is 0 Å². The first-order valence-corrected chi connectivity index (χ1v) is 7.84. The molecular weight excluding hydrogens is 308 g/mol. The summed E-state index contributed by atoms with van der Waals surface area (Å²) in [6.45, 7) is -0.00463.